The molecular weight excluding hydrogens is 452 g/mol. The van der Waals surface area contributed by atoms with E-state index >= 15 is 0 Å². The zero-order valence-corrected chi connectivity index (χ0v) is 19.7. The molecule has 0 radical (unpaired) electrons. The summed E-state index contributed by atoms with van der Waals surface area (Å²) in [5, 5.41) is 14.1. The number of thiazole rings is 1. The number of carbonyl (C=O) groups is 2. The van der Waals surface area contributed by atoms with Gasteiger partial charge in [-0.25, -0.2) is 0 Å². The van der Waals surface area contributed by atoms with E-state index < -0.39 is 4.92 Å². The summed E-state index contributed by atoms with van der Waals surface area (Å²) in [6.07, 6.45) is 5.58. The molecule has 1 aromatic carbocycles. The van der Waals surface area contributed by atoms with Crippen LogP contribution in [0.25, 0.3) is 10.2 Å². The van der Waals surface area contributed by atoms with Gasteiger partial charge in [0.25, 0.3) is 11.6 Å². The van der Waals surface area contributed by atoms with Gasteiger partial charge in [0.2, 0.25) is 5.91 Å². The number of nitro benzene ring substituents is 1. The minimum Gasteiger partial charge on any atom is -0.380 e. The summed E-state index contributed by atoms with van der Waals surface area (Å²) in [5.41, 5.74) is 0.763. The first-order chi connectivity index (χ1) is 15.5. The molecule has 1 saturated carbocycles. The SMILES string of the molecule is CCOCCn1c(=NC(=O)CSCC(=O)NC2CCCCC2)sc2cc([N+](=O)[O-])ccc21. The highest BCUT2D eigenvalue weighted by molar-refractivity contribution is 8.00. The zero-order valence-electron chi connectivity index (χ0n) is 18.1. The van der Waals surface area contributed by atoms with Crippen molar-refractivity contribution in [3.05, 3.63) is 33.1 Å². The smallest absolute Gasteiger partial charge is 0.270 e. The summed E-state index contributed by atoms with van der Waals surface area (Å²) in [5.74, 6) is -0.0686. The van der Waals surface area contributed by atoms with Crippen LogP contribution in [0.4, 0.5) is 5.69 Å². The van der Waals surface area contributed by atoms with Gasteiger partial charge < -0.3 is 14.6 Å². The highest BCUT2D eigenvalue weighted by Crippen LogP contribution is 2.23. The molecule has 1 aromatic heterocycles. The molecule has 1 fully saturated rings. The second-order valence-electron chi connectivity index (χ2n) is 7.54. The lowest BCUT2D eigenvalue weighted by atomic mass is 9.95. The Bertz CT molecular complexity index is 1030. The number of hydrogen-bond acceptors (Lipinski definition) is 7. The van der Waals surface area contributed by atoms with E-state index in [2.05, 4.69) is 10.3 Å². The Kier molecular flexibility index (Phi) is 9.24. The van der Waals surface area contributed by atoms with Crippen LogP contribution in [0.1, 0.15) is 39.0 Å². The predicted molar refractivity (Wildman–Crippen MR) is 126 cm³/mol. The van der Waals surface area contributed by atoms with Gasteiger partial charge in [0, 0.05) is 31.3 Å². The molecule has 2 aromatic rings. The molecule has 32 heavy (non-hydrogen) atoms. The van der Waals surface area contributed by atoms with E-state index in [4.69, 9.17) is 4.74 Å². The van der Waals surface area contributed by atoms with Gasteiger partial charge in [-0.05, 0) is 25.8 Å². The van der Waals surface area contributed by atoms with Gasteiger partial charge in [0.15, 0.2) is 4.80 Å². The zero-order chi connectivity index (χ0) is 22.9. The fraction of sp³-hybridized carbons (Fsp3) is 0.571. The van der Waals surface area contributed by atoms with E-state index in [9.17, 15) is 19.7 Å². The summed E-state index contributed by atoms with van der Waals surface area (Å²) in [6.45, 7) is 3.39. The third-order valence-corrected chi connectivity index (χ3v) is 7.15. The van der Waals surface area contributed by atoms with Crippen LogP contribution < -0.4 is 10.1 Å². The first-order valence-electron chi connectivity index (χ1n) is 10.8. The quantitative estimate of drug-likeness (QED) is 0.317. The van der Waals surface area contributed by atoms with Crippen LogP contribution in [0.2, 0.25) is 0 Å². The van der Waals surface area contributed by atoms with Crippen LogP contribution in [-0.4, -0.2) is 52.1 Å². The van der Waals surface area contributed by atoms with Crippen molar-refractivity contribution in [2.45, 2.75) is 51.6 Å². The topological polar surface area (TPSA) is 116 Å². The molecule has 9 nitrogen and oxygen atoms in total. The maximum absolute atomic E-state index is 12.5. The van der Waals surface area contributed by atoms with Crippen LogP contribution in [0.3, 0.4) is 0 Å². The van der Waals surface area contributed by atoms with Gasteiger partial charge in [0.1, 0.15) is 0 Å². The van der Waals surface area contributed by atoms with Gasteiger partial charge in [-0.3, -0.25) is 19.7 Å². The second-order valence-corrected chi connectivity index (χ2v) is 9.54. The highest BCUT2D eigenvalue weighted by Gasteiger charge is 2.16. The Labute approximate surface area is 194 Å². The van der Waals surface area contributed by atoms with Crippen molar-refractivity contribution in [1.82, 2.24) is 9.88 Å². The number of fused-ring (bicyclic) bond motifs is 1. The van der Waals surface area contributed by atoms with Gasteiger partial charge in [-0.15, -0.1) is 11.8 Å². The molecule has 3 rings (SSSR count). The minimum absolute atomic E-state index is 0.00637. The average molecular weight is 481 g/mol. The van der Waals surface area contributed by atoms with Crippen molar-refractivity contribution in [2.75, 3.05) is 24.7 Å². The van der Waals surface area contributed by atoms with Crippen LogP contribution in [0.15, 0.2) is 23.2 Å². The summed E-state index contributed by atoms with van der Waals surface area (Å²) in [6, 6.07) is 4.86. The number of amides is 2. The number of non-ortho nitro benzene ring substituents is 1. The number of nitrogens with zero attached hydrogens (tertiary/aromatic N) is 3. The maximum Gasteiger partial charge on any atom is 0.270 e. The van der Waals surface area contributed by atoms with Crippen LogP contribution in [-0.2, 0) is 20.9 Å². The lowest BCUT2D eigenvalue weighted by Crippen LogP contribution is -2.37. The number of nitro groups is 1. The van der Waals surface area contributed by atoms with Gasteiger partial charge in [-0.2, -0.15) is 4.99 Å². The number of nitrogens with one attached hydrogen (secondary N) is 1. The van der Waals surface area contributed by atoms with Crippen molar-refractivity contribution < 1.29 is 19.2 Å². The molecule has 1 aliphatic carbocycles. The average Bonchev–Trinajstić information content (AvgIpc) is 3.10. The summed E-state index contributed by atoms with van der Waals surface area (Å²) < 4.78 is 7.96. The first kappa shape index (κ1) is 24.4. The lowest BCUT2D eigenvalue weighted by Gasteiger charge is -2.22. The number of thioether (sulfide) groups is 1. The summed E-state index contributed by atoms with van der Waals surface area (Å²) >= 11 is 2.48. The third-order valence-electron chi connectivity index (χ3n) is 5.19. The van der Waals surface area contributed by atoms with Gasteiger partial charge in [0.05, 0.1) is 33.3 Å². The molecule has 1 N–H and O–H groups in total. The van der Waals surface area contributed by atoms with Crippen LogP contribution in [0.5, 0.6) is 0 Å². The van der Waals surface area contributed by atoms with Crippen molar-refractivity contribution in [2.24, 2.45) is 4.99 Å². The molecule has 174 valence electrons. The third kappa shape index (κ3) is 6.88. The fourth-order valence-electron chi connectivity index (χ4n) is 3.66. The van der Waals surface area contributed by atoms with Gasteiger partial charge >= 0.3 is 0 Å². The number of rotatable bonds is 10. The number of benzene rings is 1. The Morgan fingerprint density at radius 3 is 2.81 bits per heavy atom. The predicted octanol–water partition coefficient (Wildman–Crippen LogP) is 3.26. The molecule has 1 heterocycles. The summed E-state index contributed by atoms with van der Waals surface area (Å²) in [7, 11) is 0. The Hall–Kier alpha value is -2.24. The number of hydrogen-bond donors (Lipinski definition) is 1. The Morgan fingerprint density at radius 1 is 1.31 bits per heavy atom. The lowest BCUT2D eigenvalue weighted by molar-refractivity contribution is -0.384. The normalized spacial score (nSPS) is 15.2. The Morgan fingerprint density at radius 2 is 2.09 bits per heavy atom. The molecule has 0 saturated heterocycles. The van der Waals surface area contributed by atoms with Crippen molar-refractivity contribution in [3.8, 4) is 0 Å². The number of aromatic nitrogens is 1. The standard InChI is InChI=1S/C21H28N4O5S2/c1-2-30-11-10-24-17-9-8-16(25(28)29)12-18(17)32-21(24)23-20(27)14-31-13-19(26)22-15-6-4-3-5-7-15/h8-9,12,15H,2-7,10-11,13-14H2,1H3,(H,22,26). The van der Waals surface area contributed by atoms with Crippen molar-refractivity contribution in [3.63, 3.8) is 0 Å². The monoisotopic (exact) mass is 480 g/mol. The maximum atomic E-state index is 12.5. The second kappa shape index (κ2) is 12.1. The number of carbonyl (C=O) groups excluding carboxylic acids is 2. The van der Waals surface area contributed by atoms with E-state index in [0.717, 1.165) is 31.2 Å². The molecule has 0 unspecified atom stereocenters. The molecule has 2 amide bonds. The molecule has 0 bridgehead atoms. The number of ether oxygens (including phenoxy) is 1. The Balaban J connectivity index is 1.66. The van der Waals surface area contributed by atoms with Crippen molar-refractivity contribution in [1.29, 1.82) is 0 Å². The van der Waals surface area contributed by atoms with E-state index in [-0.39, 0.29) is 35.0 Å². The van der Waals surface area contributed by atoms with Crippen LogP contribution >= 0.6 is 23.1 Å². The first-order valence-corrected chi connectivity index (χ1v) is 12.7. The van der Waals surface area contributed by atoms with Crippen molar-refractivity contribution >= 4 is 50.8 Å². The van der Waals surface area contributed by atoms with E-state index in [1.54, 1.807) is 6.07 Å². The van der Waals surface area contributed by atoms with E-state index in [1.165, 1.54) is 41.7 Å². The minimum atomic E-state index is -0.444. The molecule has 1 aliphatic rings. The largest absolute Gasteiger partial charge is 0.380 e. The molecule has 11 heteroatoms. The molecule has 0 spiro atoms. The fourth-order valence-corrected chi connectivity index (χ4v) is 5.38. The molecular formula is C21H28N4O5S2. The summed E-state index contributed by atoms with van der Waals surface area (Å²) in [4.78, 5) is 39.9. The van der Waals surface area contributed by atoms with Crippen LogP contribution in [0, 0.1) is 10.1 Å². The van der Waals surface area contributed by atoms with E-state index in [0.29, 0.717) is 29.3 Å². The highest BCUT2D eigenvalue weighted by atomic mass is 32.2. The van der Waals surface area contributed by atoms with Gasteiger partial charge in [-0.1, -0.05) is 30.6 Å². The molecule has 0 aliphatic heterocycles. The molecule has 0 atom stereocenters. The van der Waals surface area contributed by atoms with E-state index in [1.807, 2.05) is 11.5 Å².